The number of fused-ring (bicyclic) bond motifs is 1. The molecule has 1 aromatic carbocycles. The van der Waals surface area contributed by atoms with Crippen molar-refractivity contribution >= 4 is 15.9 Å². The summed E-state index contributed by atoms with van der Waals surface area (Å²) in [5, 5.41) is 3.68. The summed E-state index contributed by atoms with van der Waals surface area (Å²) in [5.74, 6) is 1.03. The van der Waals surface area contributed by atoms with Crippen LogP contribution in [0.2, 0.25) is 0 Å². The van der Waals surface area contributed by atoms with E-state index in [1.165, 1.54) is 5.56 Å². The standard InChI is InChI=1S/C16H22BrNO2/c1-2-7-18-14-11-16(5-8-19-9-6-16)20-15-10-12(17)3-4-13(14)15/h3-4,10,14,18H,2,5-9,11H2,1H3. The zero-order valence-electron chi connectivity index (χ0n) is 12.0. The van der Waals surface area contributed by atoms with Gasteiger partial charge in [0.1, 0.15) is 11.4 Å². The van der Waals surface area contributed by atoms with Crippen molar-refractivity contribution in [2.75, 3.05) is 19.8 Å². The van der Waals surface area contributed by atoms with Gasteiger partial charge in [-0.2, -0.15) is 0 Å². The second-order valence-corrected chi connectivity index (χ2v) is 6.71. The lowest BCUT2D eigenvalue weighted by molar-refractivity contribution is -0.0645. The lowest BCUT2D eigenvalue weighted by Crippen LogP contribution is -2.48. The van der Waals surface area contributed by atoms with Gasteiger partial charge in [0.05, 0.1) is 13.2 Å². The zero-order chi connectivity index (χ0) is 14.0. The van der Waals surface area contributed by atoms with Crippen molar-refractivity contribution in [3.05, 3.63) is 28.2 Å². The van der Waals surface area contributed by atoms with Crippen molar-refractivity contribution in [3.63, 3.8) is 0 Å². The fourth-order valence-electron chi connectivity index (χ4n) is 3.19. The van der Waals surface area contributed by atoms with Crippen LogP contribution in [0.25, 0.3) is 0 Å². The summed E-state index contributed by atoms with van der Waals surface area (Å²) >= 11 is 3.55. The largest absolute Gasteiger partial charge is 0.487 e. The predicted molar refractivity (Wildman–Crippen MR) is 83.2 cm³/mol. The molecule has 3 nitrogen and oxygen atoms in total. The van der Waals surface area contributed by atoms with Crippen molar-refractivity contribution in [2.24, 2.45) is 0 Å². The SMILES string of the molecule is CCCNC1CC2(CCOCC2)Oc2cc(Br)ccc21. The van der Waals surface area contributed by atoms with Gasteiger partial charge in [0.15, 0.2) is 0 Å². The normalized spacial score (nSPS) is 24.2. The van der Waals surface area contributed by atoms with E-state index < -0.39 is 0 Å². The zero-order valence-corrected chi connectivity index (χ0v) is 13.5. The van der Waals surface area contributed by atoms with E-state index in [0.717, 1.165) is 55.7 Å². The molecule has 0 bridgehead atoms. The van der Waals surface area contributed by atoms with Gasteiger partial charge in [-0.15, -0.1) is 0 Å². The summed E-state index contributed by atoms with van der Waals surface area (Å²) in [4.78, 5) is 0. The summed E-state index contributed by atoms with van der Waals surface area (Å²) in [5.41, 5.74) is 1.25. The molecule has 2 heterocycles. The Morgan fingerprint density at radius 1 is 1.35 bits per heavy atom. The van der Waals surface area contributed by atoms with Gasteiger partial charge in [0.2, 0.25) is 0 Å². The van der Waals surface area contributed by atoms with Crippen molar-refractivity contribution in [1.29, 1.82) is 0 Å². The minimum Gasteiger partial charge on any atom is -0.487 e. The first-order chi connectivity index (χ1) is 9.72. The minimum atomic E-state index is -0.0442. The van der Waals surface area contributed by atoms with E-state index in [0.29, 0.717) is 6.04 Å². The van der Waals surface area contributed by atoms with Crippen molar-refractivity contribution in [2.45, 2.75) is 44.2 Å². The van der Waals surface area contributed by atoms with E-state index in [4.69, 9.17) is 9.47 Å². The van der Waals surface area contributed by atoms with Crippen LogP contribution < -0.4 is 10.1 Å². The summed E-state index contributed by atoms with van der Waals surface area (Å²) < 4.78 is 13.0. The van der Waals surface area contributed by atoms with Crippen LogP contribution in [-0.4, -0.2) is 25.4 Å². The number of rotatable bonds is 3. The molecule has 1 aromatic rings. The van der Waals surface area contributed by atoms with Gasteiger partial charge < -0.3 is 14.8 Å². The highest BCUT2D eigenvalue weighted by Gasteiger charge is 2.42. The molecular formula is C16H22BrNO2. The number of halogens is 1. The number of hydrogen-bond acceptors (Lipinski definition) is 3. The van der Waals surface area contributed by atoms with E-state index >= 15 is 0 Å². The van der Waals surface area contributed by atoms with Crippen LogP contribution >= 0.6 is 15.9 Å². The Morgan fingerprint density at radius 2 is 2.15 bits per heavy atom. The lowest BCUT2D eigenvalue weighted by atomic mass is 9.82. The van der Waals surface area contributed by atoms with Crippen LogP contribution in [0.1, 0.15) is 44.2 Å². The second kappa shape index (κ2) is 6.04. The smallest absolute Gasteiger partial charge is 0.126 e. The molecule has 0 amide bonds. The van der Waals surface area contributed by atoms with Crippen LogP contribution in [0.4, 0.5) is 0 Å². The molecule has 0 saturated carbocycles. The fraction of sp³-hybridized carbons (Fsp3) is 0.625. The number of nitrogens with one attached hydrogen (secondary N) is 1. The Balaban J connectivity index is 1.90. The topological polar surface area (TPSA) is 30.5 Å². The molecule has 1 unspecified atom stereocenters. The highest BCUT2D eigenvalue weighted by atomic mass is 79.9. The van der Waals surface area contributed by atoms with E-state index in [1.54, 1.807) is 0 Å². The minimum absolute atomic E-state index is 0.0442. The fourth-order valence-corrected chi connectivity index (χ4v) is 3.53. The summed E-state index contributed by atoms with van der Waals surface area (Å²) in [6.45, 7) is 4.87. The molecule has 0 aliphatic carbocycles. The number of ether oxygens (including phenoxy) is 2. The lowest BCUT2D eigenvalue weighted by Gasteiger charge is -2.44. The number of hydrogen-bond donors (Lipinski definition) is 1. The van der Waals surface area contributed by atoms with Gasteiger partial charge in [-0.1, -0.05) is 28.9 Å². The molecule has 1 N–H and O–H groups in total. The van der Waals surface area contributed by atoms with Gasteiger partial charge in [-0.25, -0.2) is 0 Å². The molecule has 1 fully saturated rings. The van der Waals surface area contributed by atoms with Gasteiger partial charge in [-0.05, 0) is 25.1 Å². The van der Waals surface area contributed by atoms with E-state index in [2.05, 4.69) is 46.4 Å². The quantitative estimate of drug-likeness (QED) is 0.907. The Labute approximate surface area is 129 Å². The third kappa shape index (κ3) is 2.87. The molecule has 1 saturated heterocycles. The van der Waals surface area contributed by atoms with Gasteiger partial charge >= 0.3 is 0 Å². The summed E-state index contributed by atoms with van der Waals surface area (Å²) in [7, 11) is 0. The second-order valence-electron chi connectivity index (χ2n) is 5.79. The molecule has 1 spiro atoms. The van der Waals surface area contributed by atoms with Gasteiger partial charge in [0.25, 0.3) is 0 Å². The Bertz CT molecular complexity index is 472. The molecule has 3 rings (SSSR count). The van der Waals surface area contributed by atoms with Crippen LogP contribution in [0.5, 0.6) is 5.75 Å². The first-order valence-corrected chi connectivity index (χ1v) is 8.31. The third-order valence-electron chi connectivity index (χ3n) is 4.30. The van der Waals surface area contributed by atoms with Crippen LogP contribution in [0.15, 0.2) is 22.7 Å². The molecule has 2 aliphatic heterocycles. The molecular weight excluding hydrogens is 318 g/mol. The monoisotopic (exact) mass is 339 g/mol. The summed E-state index contributed by atoms with van der Waals surface area (Å²) in [6, 6.07) is 6.78. The molecule has 1 atom stereocenters. The average Bonchev–Trinajstić information content (AvgIpc) is 2.45. The predicted octanol–water partition coefficient (Wildman–Crippen LogP) is 3.82. The van der Waals surface area contributed by atoms with Gasteiger partial charge in [-0.3, -0.25) is 0 Å². The first-order valence-electron chi connectivity index (χ1n) is 7.52. The molecule has 20 heavy (non-hydrogen) atoms. The molecule has 0 aromatic heterocycles. The third-order valence-corrected chi connectivity index (χ3v) is 4.79. The molecule has 2 aliphatic rings. The maximum Gasteiger partial charge on any atom is 0.126 e. The van der Waals surface area contributed by atoms with Gasteiger partial charge in [0, 0.05) is 35.3 Å². The Hall–Kier alpha value is -0.580. The molecule has 0 radical (unpaired) electrons. The highest BCUT2D eigenvalue weighted by molar-refractivity contribution is 9.10. The van der Waals surface area contributed by atoms with Crippen LogP contribution in [0.3, 0.4) is 0 Å². The van der Waals surface area contributed by atoms with E-state index in [9.17, 15) is 0 Å². The highest BCUT2D eigenvalue weighted by Crippen LogP contribution is 2.44. The summed E-state index contributed by atoms with van der Waals surface area (Å²) in [6.07, 6.45) is 4.18. The Kier molecular flexibility index (Phi) is 4.34. The van der Waals surface area contributed by atoms with Crippen LogP contribution in [-0.2, 0) is 4.74 Å². The first kappa shape index (κ1) is 14.4. The maximum absolute atomic E-state index is 6.40. The van der Waals surface area contributed by atoms with E-state index in [1.807, 2.05) is 0 Å². The van der Waals surface area contributed by atoms with E-state index in [-0.39, 0.29) is 5.60 Å². The maximum atomic E-state index is 6.40. The van der Waals surface area contributed by atoms with Crippen molar-refractivity contribution in [1.82, 2.24) is 5.32 Å². The van der Waals surface area contributed by atoms with Crippen molar-refractivity contribution < 1.29 is 9.47 Å². The molecule has 4 heteroatoms. The number of benzene rings is 1. The molecule has 110 valence electrons. The average molecular weight is 340 g/mol. The van der Waals surface area contributed by atoms with Crippen molar-refractivity contribution in [3.8, 4) is 5.75 Å². The Morgan fingerprint density at radius 3 is 2.90 bits per heavy atom. The van der Waals surface area contributed by atoms with Crippen LogP contribution in [0, 0.1) is 0 Å².